The number of primary amides is 1. The molecule has 0 radical (unpaired) electrons. The van der Waals surface area contributed by atoms with E-state index < -0.39 is 5.91 Å². The SMILES string of the molecule is COc1cccc(-c2cc(C(N)=O)nc3c2ccn3C)c1C. The number of benzene rings is 1. The number of hydrogen-bond acceptors (Lipinski definition) is 3. The second-order valence-electron chi connectivity index (χ2n) is 5.22. The van der Waals surface area contributed by atoms with Crippen LogP contribution in [0.5, 0.6) is 5.75 Å². The molecule has 0 fully saturated rings. The Bertz CT molecular complexity index is 881. The molecule has 0 spiro atoms. The van der Waals surface area contributed by atoms with Crippen molar-refractivity contribution in [3.63, 3.8) is 0 Å². The van der Waals surface area contributed by atoms with E-state index >= 15 is 0 Å². The number of pyridine rings is 1. The van der Waals surface area contributed by atoms with Crippen LogP contribution in [-0.4, -0.2) is 22.6 Å². The molecule has 0 aliphatic carbocycles. The number of nitrogens with zero attached hydrogens (tertiary/aromatic N) is 2. The maximum atomic E-state index is 11.6. The number of rotatable bonds is 3. The first-order valence-corrected chi connectivity index (χ1v) is 6.92. The quantitative estimate of drug-likeness (QED) is 0.807. The molecule has 5 nitrogen and oxygen atoms in total. The van der Waals surface area contributed by atoms with Gasteiger partial charge in [-0.2, -0.15) is 0 Å². The van der Waals surface area contributed by atoms with Gasteiger partial charge in [-0.25, -0.2) is 4.98 Å². The van der Waals surface area contributed by atoms with E-state index in [1.54, 1.807) is 13.2 Å². The lowest BCUT2D eigenvalue weighted by atomic mass is 9.97. The summed E-state index contributed by atoms with van der Waals surface area (Å²) in [4.78, 5) is 15.9. The van der Waals surface area contributed by atoms with Gasteiger partial charge < -0.3 is 15.0 Å². The van der Waals surface area contributed by atoms with E-state index in [0.29, 0.717) is 0 Å². The zero-order valence-corrected chi connectivity index (χ0v) is 12.8. The van der Waals surface area contributed by atoms with Crippen molar-refractivity contribution in [1.29, 1.82) is 0 Å². The Morgan fingerprint density at radius 1 is 1.27 bits per heavy atom. The number of fused-ring (bicyclic) bond motifs is 1. The Kier molecular flexibility index (Phi) is 3.33. The van der Waals surface area contributed by atoms with Gasteiger partial charge in [0.1, 0.15) is 17.1 Å². The van der Waals surface area contributed by atoms with Crippen LogP contribution in [0.1, 0.15) is 16.1 Å². The summed E-state index contributed by atoms with van der Waals surface area (Å²) >= 11 is 0. The third-order valence-corrected chi connectivity index (χ3v) is 3.88. The lowest BCUT2D eigenvalue weighted by Gasteiger charge is -2.12. The molecular formula is C17H17N3O2. The predicted octanol–water partition coefficient (Wildman–Crippen LogP) is 2.66. The monoisotopic (exact) mass is 295 g/mol. The molecule has 0 bridgehead atoms. The lowest BCUT2D eigenvalue weighted by Crippen LogP contribution is -2.13. The molecule has 2 heterocycles. The normalized spacial score (nSPS) is 10.9. The lowest BCUT2D eigenvalue weighted by molar-refractivity contribution is 0.0996. The Labute approximate surface area is 128 Å². The number of aromatic nitrogens is 2. The summed E-state index contributed by atoms with van der Waals surface area (Å²) in [6.45, 7) is 1.99. The summed E-state index contributed by atoms with van der Waals surface area (Å²) < 4.78 is 7.27. The minimum Gasteiger partial charge on any atom is -0.496 e. The Morgan fingerprint density at radius 3 is 2.73 bits per heavy atom. The standard InChI is InChI=1S/C17H17N3O2/c1-10-11(5-4-6-15(10)22-3)13-9-14(16(18)21)19-17-12(13)7-8-20(17)2/h4-9H,1-3H3,(H2,18,21). The topological polar surface area (TPSA) is 70.1 Å². The molecule has 5 heteroatoms. The van der Waals surface area contributed by atoms with Crippen LogP contribution in [-0.2, 0) is 7.05 Å². The summed E-state index contributed by atoms with van der Waals surface area (Å²) in [7, 11) is 3.54. The van der Waals surface area contributed by atoms with Gasteiger partial charge in [0.05, 0.1) is 7.11 Å². The minimum atomic E-state index is -0.537. The second kappa shape index (κ2) is 5.18. The van der Waals surface area contributed by atoms with E-state index in [2.05, 4.69) is 4.98 Å². The Morgan fingerprint density at radius 2 is 2.05 bits per heavy atom. The van der Waals surface area contributed by atoms with Crippen LogP contribution in [0.15, 0.2) is 36.5 Å². The summed E-state index contributed by atoms with van der Waals surface area (Å²) in [6.07, 6.45) is 1.92. The molecular weight excluding hydrogens is 278 g/mol. The number of carbonyl (C=O) groups excluding carboxylic acids is 1. The van der Waals surface area contributed by atoms with Crippen LogP contribution in [0.25, 0.3) is 22.2 Å². The van der Waals surface area contributed by atoms with Gasteiger partial charge in [-0.3, -0.25) is 4.79 Å². The molecule has 1 amide bonds. The molecule has 0 saturated heterocycles. The first-order chi connectivity index (χ1) is 10.5. The van der Waals surface area contributed by atoms with Crippen LogP contribution in [0, 0.1) is 6.92 Å². The highest BCUT2D eigenvalue weighted by Crippen LogP contribution is 2.34. The fourth-order valence-electron chi connectivity index (χ4n) is 2.71. The molecule has 112 valence electrons. The number of methoxy groups -OCH3 is 1. The fourth-order valence-corrected chi connectivity index (χ4v) is 2.71. The average Bonchev–Trinajstić information content (AvgIpc) is 2.88. The van der Waals surface area contributed by atoms with Crippen molar-refractivity contribution in [2.24, 2.45) is 12.8 Å². The van der Waals surface area contributed by atoms with Crippen molar-refractivity contribution < 1.29 is 9.53 Å². The first kappa shape index (κ1) is 14.1. The van der Waals surface area contributed by atoms with Crippen molar-refractivity contribution in [1.82, 2.24) is 9.55 Å². The highest BCUT2D eigenvalue weighted by atomic mass is 16.5. The smallest absolute Gasteiger partial charge is 0.267 e. The van der Waals surface area contributed by atoms with Crippen LogP contribution >= 0.6 is 0 Å². The molecule has 2 aromatic heterocycles. The summed E-state index contributed by atoms with van der Waals surface area (Å²) in [6, 6.07) is 9.58. The molecule has 3 rings (SSSR count). The molecule has 0 atom stereocenters. The summed E-state index contributed by atoms with van der Waals surface area (Å²) in [5.74, 6) is 0.268. The number of aryl methyl sites for hydroxylation is 1. The maximum Gasteiger partial charge on any atom is 0.267 e. The molecule has 0 aliphatic heterocycles. The van der Waals surface area contributed by atoms with Gasteiger partial charge in [-0.1, -0.05) is 12.1 Å². The van der Waals surface area contributed by atoms with Crippen molar-refractivity contribution >= 4 is 16.9 Å². The zero-order valence-electron chi connectivity index (χ0n) is 12.8. The van der Waals surface area contributed by atoms with Crippen molar-refractivity contribution in [3.8, 4) is 16.9 Å². The summed E-state index contributed by atoms with van der Waals surface area (Å²) in [5, 5.41) is 0.976. The van der Waals surface area contributed by atoms with E-state index in [1.165, 1.54) is 0 Å². The van der Waals surface area contributed by atoms with Crippen molar-refractivity contribution in [2.75, 3.05) is 7.11 Å². The fraction of sp³-hybridized carbons (Fsp3) is 0.176. The molecule has 0 aliphatic rings. The maximum absolute atomic E-state index is 11.6. The molecule has 3 aromatic rings. The second-order valence-corrected chi connectivity index (χ2v) is 5.22. The Balaban J connectivity index is 2.37. The molecule has 0 unspecified atom stereocenters. The van der Waals surface area contributed by atoms with E-state index in [9.17, 15) is 4.79 Å². The van der Waals surface area contributed by atoms with E-state index in [0.717, 1.165) is 33.5 Å². The van der Waals surface area contributed by atoms with Gasteiger partial charge in [0, 0.05) is 18.6 Å². The largest absolute Gasteiger partial charge is 0.496 e. The molecule has 2 N–H and O–H groups in total. The molecule has 22 heavy (non-hydrogen) atoms. The number of hydrogen-bond donors (Lipinski definition) is 1. The number of amides is 1. The van der Waals surface area contributed by atoms with E-state index in [4.69, 9.17) is 10.5 Å². The third kappa shape index (κ3) is 2.11. The van der Waals surface area contributed by atoms with Crippen LogP contribution in [0.3, 0.4) is 0 Å². The highest BCUT2D eigenvalue weighted by Gasteiger charge is 2.15. The highest BCUT2D eigenvalue weighted by molar-refractivity contribution is 6.00. The van der Waals surface area contributed by atoms with Gasteiger partial charge in [0.2, 0.25) is 0 Å². The average molecular weight is 295 g/mol. The molecule has 1 aromatic carbocycles. The van der Waals surface area contributed by atoms with Crippen LogP contribution in [0.4, 0.5) is 0 Å². The Hall–Kier alpha value is -2.82. The predicted molar refractivity (Wildman–Crippen MR) is 86.0 cm³/mol. The number of ether oxygens (including phenoxy) is 1. The van der Waals surface area contributed by atoms with Gasteiger partial charge in [0.15, 0.2) is 0 Å². The van der Waals surface area contributed by atoms with Crippen LogP contribution in [0.2, 0.25) is 0 Å². The van der Waals surface area contributed by atoms with E-state index in [1.807, 2.05) is 49.0 Å². The zero-order chi connectivity index (χ0) is 15.9. The van der Waals surface area contributed by atoms with Gasteiger partial charge >= 0.3 is 0 Å². The number of carbonyl (C=O) groups is 1. The van der Waals surface area contributed by atoms with Crippen molar-refractivity contribution in [3.05, 3.63) is 47.8 Å². The third-order valence-electron chi connectivity index (χ3n) is 3.88. The summed E-state index contributed by atoms with van der Waals surface area (Å²) in [5.41, 5.74) is 9.35. The first-order valence-electron chi connectivity index (χ1n) is 6.92. The minimum absolute atomic E-state index is 0.256. The van der Waals surface area contributed by atoms with Gasteiger partial charge in [-0.15, -0.1) is 0 Å². The van der Waals surface area contributed by atoms with E-state index in [-0.39, 0.29) is 5.69 Å². The van der Waals surface area contributed by atoms with Crippen LogP contribution < -0.4 is 10.5 Å². The van der Waals surface area contributed by atoms with Crippen molar-refractivity contribution in [2.45, 2.75) is 6.92 Å². The van der Waals surface area contributed by atoms with Gasteiger partial charge in [0.25, 0.3) is 5.91 Å². The number of nitrogens with two attached hydrogens (primary N) is 1. The molecule has 0 saturated carbocycles. The van der Waals surface area contributed by atoms with Gasteiger partial charge in [-0.05, 0) is 41.8 Å².